The number of benzene rings is 1. The van der Waals surface area contributed by atoms with E-state index in [1.54, 1.807) is 31.2 Å². The van der Waals surface area contributed by atoms with E-state index < -0.39 is 10.7 Å². The number of ketones is 1. The number of hydrogen-bond acceptors (Lipinski definition) is 3. The lowest BCUT2D eigenvalue weighted by Gasteiger charge is -1.99. The summed E-state index contributed by atoms with van der Waals surface area (Å²) in [4.78, 5) is 11.3. The molecule has 0 atom stereocenters. The molecule has 0 saturated carbocycles. The smallest absolute Gasteiger partial charge is 0.162 e. The van der Waals surface area contributed by atoms with Crippen molar-refractivity contribution < 1.29 is 13.2 Å². The van der Waals surface area contributed by atoms with Gasteiger partial charge in [-0.15, -0.1) is 0 Å². The Morgan fingerprint density at radius 1 is 1.36 bits per heavy atom. The first-order valence-corrected chi connectivity index (χ1v) is 5.73. The third-order valence-corrected chi connectivity index (χ3v) is 2.51. The zero-order valence-corrected chi connectivity index (χ0v) is 8.79. The summed E-state index contributed by atoms with van der Waals surface area (Å²) in [6.45, 7) is 1.78. The van der Waals surface area contributed by atoms with Gasteiger partial charge in [0, 0.05) is 12.0 Å². The van der Waals surface area contributed by atoms with Crippen LogP contribution in [-0.4, -0.2) is 14.2 Å². The van der Waals surface area contributed by atoms with Crippen LogP contribution in [0.5, 0.6) is 0 Å². The Kier molecular flexibility index (Phi) is 3.83. The molecular formula is C10H12O3S. The summed E-state index contributed by atoms with van der Waals surface area (Å²) < 4.78 is 20.9. The van der Waals surface area contributed by atoms with Gasteiger partial charge in [0.25, 0.3) is 0 Å². The first-order chi connectivity index (χ1) is 6.63. The summed E-state index contributed by atoms with van der Waals surface area (Å²) in [6, 6.07) is 6.75. The van der Waals surface area contributed by atoms with E-state index in [9.17, 15) is 13.2 Å². The van der Waals surface area contributed by atoms with Gasteiger partial charge in [0.2, 0.25) is 0 Å². The van der Waals surface area contributed by atoms with Gasteiger partial charge in [-0.2, -0.15) is 0 Å². The quantitative estimate of drug-likeness (QED) is 0.606. The standard InChI is InChI=1S/C10H12O3S/c1-2-10(11)9-5-3-4-8(6-9)7-14(12)13/h3-6,14H,2,7H2,1H3. The zero-order valence-electron chi connectivity index (χ0n) is 7.90. The molecule has 0 fully saturated rings. The summed E-state index contributed by atoms with van der Waals surface area (Å²) >= 11 is 0. The average Bonchev–Trinajstić information content (AvgIpc) is 2.16. The lowest BCUT2D eigenvalue weighted by Crippen LogP contribution is -1.97. The van der Waals surface area contributed by atoms with Crippen LogP contribution in [0.1, 0.15) is 29.3 Å². The van der Waals surface area contributed by atoms with E-state index in [0.717, 1.165) is 0 Å². The fourth-order valence-corrected chi connectivity index (χ4v) is 1.69. The summed E-state index contributed by atoms with van der Waals surface area (Å²) in [5.41, 5.74) is 1.25. The second-order valence-electron chi connectivity index (χ2n) is 2.97. The largest absolute Gasteiger partial charge is 0.294 e. The Labute approximate surface area is 84.7 Å². The normalized spacial score (nSPS) is 10.4. The highest BCUT2D eigenvalue weighted by atomic mass is 32.2. The van der Waals surface area contributed by atoms with Crippen molar-refractivity contribution in [3.05, 3.63) is 35.4 Å². The monoisotopic (exact) mass is 212 g/mol. The molecule has 76 valence electrons. The van der Waals surface area contributed by atoms with Crippen LogP contribution in [0.2, 0.25) is 0 Å². The Bertz CT molecular complexity index is 400. The second kappa shape index (κ2) is 4.91. The van der Waals surface area contributed by atoms with Gasteiger partial charge in [-0.05, 0) is 11.6 Å². The van der Waals surface area contributed by atoms with Crippen LogP contribution in [0.25, 0.3) is 0 Å². The molecule has 3 nitrogen and oxygen atoms in total. The van der Waals surface area contributed by atoms with Crippen molar-refractivity contribution in [3.63, 3.8) is 0 Å². The van der Waals surface area contributed by atoms with Gasteiger partial charge in [0.15, 0.2) is 5.78 Å². The third kappa shape index (κ3) is 2.96. The molecule has 0 aliphatic carbocycles. The molecule has 1 aromatic rings. The Balaban J connectivity index is 2.94. The molecular weight excluding hydrogens is 200 g/mol. The van der Waals surface area contributed by atoms with Gasteiger partial charge in [-0.3, -0.25) is 4.79 Å². The fourth-order valence-electron chi connectivity index (χ4n) is 1.20. The minimum Gasteiger partial charge on any atom is -0.294 e. The molecule has 0 aromatic heterocycles. The molecule has 0 amide bonds. The van der Waals surface area contributed by atoms with Crippen LogP contribution in [0.15, 0.2) is 24.3 Å². The van der Waals surface area contributed by atoms with Crippen LogP contribution in [0, 0.1) is 0 Å². The van der Waals surface area contributed by atoms with Crippen LogP contribution in [-0.2, 0) is 16.5 Å². The van der Waals surface area contributed by atoms with Gasteiger partial charge in [-0.1, -0.05) is 25.1 Å². The van der Waals surface area contributed by atoms with Gasteiger partial charge in [-0.25, -0.2) is 8.42 Å². The summed E-state index contributed by atoms with van der Waals surface area (Å²) in [5, 5.41) is 0. The summed E-state index contributed by atoms with van der Waals surface area (Å²) in [6.07, 6.45) is 0.437. The molecule has 0 aliphatic rings. The molecule has 0 bridgehead atoms. The van der Waals surface area contributed by atoms with E-state index in [1.165, 1.54) is 0 Å². The minimum absolute atomic E-state index is 0.000166. The van der Waals surface area contributed by atoms with Crippen molar-refractivity contribution in [3.8, 4) is 0 Å². The molecule has 1 aromatic carbocycles. The second-order valence-corrected chi connectivity index (χ2v) is 3.95. The number of rotatable bonds is 4. The molecule has 0 aliphatic heterocycles. The van der Waals surface area contributed by atoms with Crippen LogP contribution in [0.3, 0.4) is 0 Å². The van der Waals surface area contributed by atoms with Gasteiger partial charge < -0.3 is 0 Å². The third-order valence-electron chi connectivity index (χ3n) is 1.88. The number of hydrogen-bond donors (Lipinski definition) is 1. The van der Waals surface area contributed by atoms with Crippen molar-refractivity contribution in [2.45, 2.75) is 19.1 Å². The molecule has 0 unspecified atom stereocenters. The van der Waals surface area contributed by atoms with E-state index >= 15 is 0 Å². The summed E-state index contributed by atoms with van der Waals surface area (Å²) in [5.74, 6) is 0.0353. The molecule has 4 heteroatoms. The number of carbonyl (C=O) groups excluding carboxylic acids is 1. The van der Waals surface area contributed by atoms with E-state index in [2.05, 4.69) is 0 Å². The molecule has 0 heterocycles. The fraction of sp³-hybridized carbons (Fsp3) is 0.300. The molecule has 1 rings (SSSR count). The average molecular weight is 212 g/mol. The zero-order chi connectivity index (χ0) is 10.6. The highest BCUT2D eigenvalue weighted by molar-refractivity contribution is 7.71. The van der Waals surface area contributed by atoms with E-state index in [-0.39, 0.29) is 11.5 Å². The first kappa shape index (κ1) is 10.9. The predicted octanol–water partition coefficient (Wildman–Crippen LogP) is 1.39. The maximum absolute atomic E-state index is 11.3. The Morgan fingerprint density at radius 2 is 2.07 bits per heavy atom. The molecule has 0 saturated heterocycles. The molecule has 0 spiro atoms. The van der Waals surface area contributed by atoms with Crippen molar-refractivity contribution in [2.24, 2.45) is 0 Å². The molecule has 0 radical (unpaired) electrons. The lowest BCUT2D eigenvalue weighted by molar-refractivity contribution is 0.0988. The number of carbonyl (C=O) groups is 1. The van der Waals surface area contributed by atoms with Gasteiger partial charge in [0.05, 0.1) is 5.75 Å². The van der Waals surface area contributed by atoms with E-state index in [1.807, 2.05) is 0 Å². The highest BCUT2D eigenvalue weighted by Gasteiger charge is 2.03. The van der Waals surface area contributed by atoms with Crippen LogP contribution >= 0.6 is 0 Å². The van der Waals surface area contributed by atoms with Gasteiger partial charge >= 0.3 is 0 Å². The topological polar surface area (TPSA) is 51.2 Å². The highest BCUT2D eigenvalue weighted by Crippen LogP contribution is 2.08. The van der Waals surface area contributed by atoms with Crippen molar-refractivity contribution in [1.82, 2.24) is 0 Å². The van der Waals surface area contributed by atoms with Crippen molar-refractivity contribution in [1.29, 1.82) is 0 Å². The SMILES string of the molecule is CCC(=O)c1cccc(C[SH](=O)=O)c1. The molecule has 0 N–H and O–H groups in total. The van der Waals surface area contributed by atoms with Crippen molar-refractivity contribution >= 4 is 16.5 Å². The van der Waals surface area contributed by atoms with Crippen molar-refractivity contribution in [2.75, 3.05) is 0 Å². The Morgan fingerprint density at radius 3 is 2.64 bits per heavy atom. The Hall–Kier alpha value is -1.16. The maximum Gasteiger partial charge on any atom is 0.162 e. The van der Waals surface area contributed by atoms with Crippen LogP contribution < -0.4 is 0 Å². The molecule has 14 heavy (non-hydrogen) atoms. The predicted molar refractivity (Wildman–Crippen MR) is 55.1 cm³/mol. The van der Waals surface area contributed by atoms with E-state index in [0.29, 0.717) is 17.5 Å². The number of Topliss-reactive ketones (excluding diaryl/α,β-unsaturated/α-hetero) is 1. The van der Waals surface area contributed by atoms with E-state index in [4.69, 9.17) is 0 Å². The van der Waals surface area contributed by atoms with Crippen LogP contribution in [0.4, 0.5) is 0 Å². The summed E-state index contributed by atoms with van der Waals surface area (Å²) in [7, 11) is -2.42. The maximum atomic E-state index is 11.3. The lowest BCUT2D eigenvalue weighted by atomic mass is 10.1. The number of thiol groups is 1. The minimum atomic E-state index is -2.42. The van der Waals surface area contributed by atoms with Gasteiger partial charge in [0.1, 0.15) is 10.7 Å². The first-order valence-electron chi connectivity index (χ1n) is 4.37.